The minimum atomic E-state index is 0.0121. The van der Waals surface area contributed by atoms with Crippen molar-refractivity contribution in [3.05, 3.63) is 114 Å². The average molecular weight is 466 g/mol. The first-order valence-corrected chi connectivity index (χ1v) is 13.0. The molecule has 0 spiro atoms. The molecule has 1 aliphatic carbocycles. The van der Waals surface area contributed by atoms with Gasteiger partial charge in [0.05, 0.1) is 15.7 Å². The van der Waals surface area contributed by atoms with Gasteiger partial charge in [-0.15, -0.1) is 11.3 Å². The largest absolute Gasteiger partial charge is 0.308 e. The van der Waals surface area contributed by atoms with Crippen LogP contribution in [0.1, 0.15) is 24.3 Å². The van der Waals surface area contributed by atoms with Crippen LogP contribution in [0.5, 0.6) is 0 Å². The standard InChI is InChI=1S/C33H23NS/c1-33(2)26-15-9-8-14-23(26)29-25-18-17-24-28-22-13-7-6-10-20(22)16-19-27(28)34(21-11-4-3-5-12-21)30(24)31(25)35-32(29)33/h3-19H,1-2H3. The lowest BCUT2D eigenvalue weighted by Gasteiger charge is -2.19. The van der Waals surface area contributed by atoms with E-state index in [1.54, 1.807) is 0 Å². The molecule has 0 N–H and O–H groups in total. The molecule has 35 heavy (non-hydrogen) atoms. The fourth-order valence-corrected chi connectivity index (χ4v) is 7.81. The number of hydrogen-bond donors (Lipinski definition) is 0. The molecule has 5 aromatic carbocycles. The van der Waals surface area contributed by atoms with E-state index in [1.165, 1.54) is 69.9 Å². The highest BCUT2D eigenvalue weighted by Gasteiger charge is 2.38. The Bertz CT molecular complexity index is 1970. The summed E-state index contributed by atoms with van der Waals surface area (Å²) >= 11 is 1.99. The summed E-state index contributed by atoms with van der Waals surface area (Å²) in [7, 11) is 0. The van der Waals surface area contributed by atoms with Gasteiger partial charge in [-0.25, -0.2) is 0 Å². The van der Waals surface area contributed by atoms with Crippen molar-refractivity contribution < 1.29 is 0 Å². The van der Waals surface area contributed by atoms with E-state index in [4.69, 9.17) is 0 Å². The molecule has 0 radical (unpaired) electrons. The van der Waals surface area contributed by atoms with Crippen LogP contribution in [0.4, 0.5) is 0 Å². The number of fused-ring (bicyclic) bond motifs is 11. The van der Waals surface area contributed by atoms with Crippen LogP contribution in [-0.2, 0) is 5.41 Å². The van der Waals surface area contributed by atoms with Crippen LogP contribution in [-0.4, -0.2) is 4.57 Å². The highest BCUT2D eigenvalue weighted by Crippen LogP contribution is 2.56. The van der Waals surface area contributed by atoms with Crippen molar-refractivity contribution in [2.75, 3.05) is 0 Å². The SMILES string of the molecule is CC1(C)c2ccccc2-c2c1sc1c2ccc2c3c4ccccc4ccc3n(-c3ccccc3)c21. The van der Waals surface area contributed by atoms with Crippen molar-refractivity contribution >= 4 is 54.0 Å². The van der Waals surface area contributed by atoms with Gasteiger partial charge >= 0.3 is 0 Å². The maximum absolute atomic E-state index is 2.49. The first-order chi connectivity index (χ1) is 17.1. The van der Waals surface area contributed by atoms with E-state index in [-0.39, 0.29) is 5.41 Å². The van der Waals surface area contributed by atoms with Crippen LogP contribution in [0.2, 0.25) is 0 Å². The lowest BCUT2D eigenvalue weighted by Crippen LogP contribution is -2.13. The van der Waals surface area contributed by atoms with Crippen molar-refractivity contribution in [1.82, 2.24) is 4.57 Å². The summed E-state index contributed by atoms with van der Waals surface area (Å²) in [5, 5.41) is 6.66. The van der Waals surface area contributed by atoms with Gasteiger partial charge in [0.1, 0.15) is 0 Å². The summed E-state index contributed by atoms with van der Waals surface area (Å²) < 4.78 is 3.88. The molecule has 1 nitrogen and oxygen atoms in total. The first kappa shape index (κ1) is 19.4. The van der Waals surface area contributed by atoms with Crippen LogP contribution < -0.4 is 0 Å². The summed E-state index contributed by atoms with van der Waals surface area (Å²) in [5.74, 6) is 0. The monoisotopic (exact) mass is 465 g/mol. The van der Waals surface area contributed by atoms with E-state index < -0.39 is 0 Å². The summed E-state index contributed by atoms with van der Waals surface area (Å²) in [6.45, 7) is 4.76. The summed E-state index contributed by atoms with van der Waals surface area (Å²) in [5.41, 5.74) is 8.09. The fraction of sp³-hybridized carbons (Fsp3) is 0.0909. The zero-order valence-electron chi connectivity index (χ0n) is 19.7. The normalized spacial score (nSPS) is 14.2. The molecule has 2 heterocycles. The van der Waals surface area contributed by atoms with E-state index in [1.807, 2.05) is 11.3 Å². The molecule has 2 heteroatoms. The molecule has 1 aliphatic rings. The molecule has 166 valence electrons. The Morgan fingerprint density at radius 1 is 0.657 bits per heavy atom. The highest BCUT2D eigenvalue weighted by atomic mass is 32.1. The molecule has 0 unspecified atom stereocenters. The Balaban J connectivity index is 1.62. The van der Waals surface area contributed by atoms with E-state index in [2.05, 4.69) is 122 Å². The van der Waals surface area contributed by atoms with Gasteiger partial charge < -0.3 is 4.57 Å². The van der Waals surface area contributed by atoms with Gasteiger partial charge in [-0.05, 0) is 40.1 Å². The number of para-hydroxylation sites is 1. The van der Waals surface area contributed by atoms with E-state index >= 15 is 0 Å². The van der Waals surface area contributed by atoms with E-state index in [0.29, 0.717) is 0 Å². The van der Waals surface area contributed by atoms with Crippen LogP contribution in [0.15, 0.2) is 103 Å². The fourth-order valence-electron chi connectivity index (χ4n) is 6.34. The van der Waals surface area contributed by atoms with Gasteiger partial charge in [0.2, 0.25) is 0 Å². The summed E-state index contributed by atoms with van der Waals surface area (Å²) in [6.07, 6.45) is 0. The number of benzene rings is 5. The highest BCUT2D eigenvalue weighted by molar-refractivity contribution is 7.21. The smallest absolute Gasteiger partial charge is 0.0719 e. The predicted octanol–water partition coefficient (Wildman–Crippen LogP) is 9.46. The molecule has 0 saturated carbocycles. The maximum atomic E-state index is 2.49. The Morgan fingerprint density at radius 3 is 2.29 bits per heavy atom. The molecular weight excluding hydrogens is 442 g/mol. The minimum Gasteiger partial charge on any atom is -0.308 e. The van der Waals surface area contributed by atoms with Crippen LogP contribution >= 0.6 is 11.3 Å². The summed E-state index contributed by atoms with van der Waals surface area (Å²) in [4.78, 5) is 1.48. The molecule has 0 bridgehead atoms. The topological polar surface area (TPSA) is 4.93 Å². The third-order valence-electron chi connectivity index (χ3n) is 7.92. The molecular formula is C33H23NS. The Labute approximate surface area is 207 Å². The lowest BCUT2D eigenvalue weighted by molar-refractivity contribution is 0.674. The van der Waals surface area contributed by atoms with Gasteiger partial charge in [-0.2, -0.15) is 0 Å². The lowest BCUT2D eigenvalue weighted by atomic mass is 9.87. The maximum Gasteiger partial charge on any atom is 0.0719 e. The first-order valence-electron chi connectivity index (χ1n) is 12.2. The van der Waals surface area contributed by atoms with Crippen molar-refractivity contribution in [3.63, 3.8) is 0 Å². The van der Waals surface area contributed by atoms with E-state index in [9.17, 15) is 0 Å². The van der Waals surface area contributed by atoms with Crippen LogP contribution in [0.25, 0.3) is 59.5 Å². The Hall–Kier alpha value is -3.88. The molecule has 0 saturated heterocycles. The van der Waals surface area contributed by atoms with Crippen LogP contribution in [0.3, 0.4) is 0 Å². The Kier molecular flexibility index (Phi) is 3.67. The van der Waals surface area contributed by atoms with Crippen molar-refractivity contribution in [2.24, 2.45) is 0 Å². The second kappa shape index (κ2) is 6.62. The average Bonchev–Trinajstić information content (AvgIpc) is 3.52. The van der Waals surface area contributed by atoms with Gasteiger partial charge in [0.15, 0.2) is 0 Å². The molecule has 8 rings (SSSR count). The molecule has 0 amide bonds. The van der Waals surface area contributed by atoms with Crippen LogP contribution in [0, 0.1) is 0 Å². The molecule has 0 fully saturated rings. The zero-order valence-corrected chi connectivity index (χ0v) is 20.5. The van der Waals surface area contributed by atoms with Gasteiger partial charge in [0, 0.05) is 37.7 Å². The van der Waals surface area contributed by atoms with Crippen molar-refractivity contribution in [3.8, 4) is 16.8 Å². The molecule has 2 aromatic heterocycles. The van der Waals surface area contributed by atoms with Gasteiger partial charge in [0.25, 0.3) is 0 Å². The van der Waals surface area contributed by atoms with Crippen molar-refractivity contribution in [1.29, 1.82) is 0 Å². The summed E-state index contributed by atoms with van der Waals surface area (Å²) in [6, 6.07) is 37.9. The number of hydrogen-bond acceptors (Lipinski definition) is 1. The predicted molar refractivity (Wildman–Crippen MR) is 151 cm³/mol. The zero-order chi connectivity index (χ0) is 23.3. The van der Waals surface area contributed by atoms with Crippen molar-refractivity contribution in [2.45, 2.75) is 19.3 Å². The second-order valence-electron chi connectivity index (χ2n) is 10.2. The molecule has 0 aliphatic heterocycles. The van der Waals surface area contributed by atoms with E-state index in [0.717, 1.165) is 0 Å². The molecule has 0 atom stereocenters. The number of rotatable bonds is 1. The molecule has 7 aromatic rings. The Morgan fingerprint density at radius 2 is 1.40 bits per heavy atom. The minimum absolute atomic E-state index is 0.0121. The second-order valence-corrected chi connectivity index (χ2v) is 11.2. The quantitative estimate of drug-likeness (QED) is 0.227. The number of nitrogens with zero attached hydrogens (tertiary/aromatic N) is 1. The number of aromatic nitrogens is 1. The number of thiophene rings is 1. The third kappa shape index (κ3) is 2.38. The van der Waals surface area contributed by atoms with Gasteiger partial charge in [-0.3, -0.25) is 0 Å². The third-order valence-corrected chi connectivity index (χ3v) is 9.46. The van der Waals surface area contributed by atoms with Gasteiger partial charge in [-0.1, -0.05) is 98.8 Å².